The van der Waals surface area contributed by atoms with Crippen LogP contribution in [0.1, 0.15) is 78.2 Å². The van der Waals surface area contributed by atoms with E-state index < -0.39 is 5.60 Å². The zero-order valence-electron chi connectivity index (χ0n) is 17.1. The number of rotatable bonds is 11. The highest BCUT2D eigenvalue weighted by Crippen LogP contribution is 2.27. The maximum absolute atomic E-state index is 11.0. The van der Waals surface area contributed by atoms with Gasteiger partial charge in [0.1, 0.15) is 0 Å². The molecule has 1 N–H and O–H groups in total. The third-order valence-corrected chi connectivity index (χ3v) is 4.56. The molecule has 0 radical (unpaired) electrons. The molecule has 0 aliphatic heterocycles. The zero-order chi connectivity index (χ0) is 19.3. The molecule has 1 heteroatoms. The molecule has 1 nitrogen and oxygen atoms in total. The Labute approximate surface area is 160 Å². The summed E-state index contributed by atoms with van der Waals surface area (Å²) in [6.45, 7) is 8.36. The van der Waals surface area contributed by atoms with Gasteiger partial charge in [0, 0.05) is 5.57 Å². The molecule has 1 aromatic rings. The summed E-state index contributed by atoms with van der Waals surface area (Å²) < 4.78 is 0. The molecular formula is C25H36O. The van der Waals surface area contributed by atoms with Crippen molar-refractivity contribution < 1.29 is 5.11 Å². The molecule has 0 aliphatic carbocycles. The van der Waals surface area contributed by atoms with Gasteiger partial charge in [-0.05, 0) is 58.1 Å². The highest BCUT2D eigenvalue weighted by Gasteiger charge is 2.24. The van der Waals surface area contributed by atoms with E-state index in [1.54, 1.807) is 0 Å². The minimum Gasteiger partial charge on any atom is -0.385 e. The van der Waals surface area contributed by atoms with Gasteiger partial charge in [-0.2, -0.15) is 0 Å². The summed E-state index contributed by atoms with van der Waals surface area (Å²) in [6.07, 6.45) is 15.6. The summed E-state index contributed by atoms with van der Waals surface area (Å²) in [6, 6.07) is 10.2. The standard InChI is InChI=1S/C25H36O/c1-5-6-7-11-19-24(25(4,26)21-14-15-22(2)3)20-13-12-18-23-16-9-8-10-17-23/h8-10,12-13,15-18,26H,5-7,11,14,19,21H2,1-4H3. The fraction of sp³-hybridized carbons (Fsp3) is 0.480. The molecule has 0 spiro atoms. The minimum absolute atomic E-state index is 0.741. The lowest BCUT2D eigenvalue weighted by atomic mass is 9.87. The zero-order valence-corrected chi connectivity index (χ0v) is 17.1. The third-order valence-electron chi connectivity index (χ3n) is 4.56. The molecule has 1 atom stereocenters. The summed E-state index contributed by atoms with van der Waals surface area (Å²) >= 11 is 0. The van der Waals surface area contributed by atoms with E-state index >= 15 is 0 Å². The molecule has 1 rings (SSSR count). The number of hydrogen-bond donors (Lipinski definition) is 1. The Bertz CT molecular complexity index is 621. The van der Waals surface area contributed by atoms with Gasteiger partial charge < -0.3 is 5.11 Å². The van der Waals surface area contributed by atoms with Crippen molar-refractivity contribution in [2.45, 2.75) is 78.2 Å². The Balaban J connectivity index is 2.85. The lowest BCUT2D eigenvalue weighted by molar-refractivity contribution is 0.0862. The van der Waals surface area contributed by atoms with Gasteiger partial charge in [-0.15, -0.1) is 5.73 Å². The minimum atomic E-state index is -0.796. The van der Waals surface area contributed by atoms with Crippen molar-refractivity contribution in [3.05, 3.63) is 71.0 Å². The second-order valence-corrected chi connectivity index (χ2v) is 7.46. The fourth-order valence-corrected chi connectivity index (χ4v) is 2.89. The summed E-state index contributed by atoms with van der Waals surface area (Å²) in [5.41, 5.74) is 6.08. The third kappa shape index (κ3) is 9.61. The van der Waals surface area contributed by atoms with Crippen molar-refractivity contribution in [1.29, 1.82) is 0 Å². The van der Waals surface area contributed by atoms with Gasteiger partial charge in [0.05, 0.1) is 5.60 Å². The highest BCUT2D eigenvalue weighted by atomic mass is 16.3. The maximum atomic E-state index is 11.0. The van der Waals surface area contributed by atoms with Crippen molar-refractivity contribution in [3.63, 3.8) is 0 Å². The summed E-state index contributed by atoms with van der Waals surface area (Å²) in [5, 5.41) is 11.0. The lowest BCUT2D eigenvalue weighted by Gasteiger charge is -2.25. The monoisotopic (exact) mass is 352 g/mol. The van der Waals surface area contributed by atoms with Crippen LogP contribution in [-0.4, -0.2) is 10.7 Å². The van der Waals surface area contributed by atoms with Gasteiger partial charge in [0.15, 0.2) is 0 Å². The van der Waals surface area contributed by atoms with E-state index in [1.807, 2.05) is 37.3 Å². The predicted octanol–water partition coefficient (Wildman–Crippen LogP) is 7.25. The van der Waals surface area contributed by atoms with Crippen LogP contribution in [0.15, 0.2) is 65.4 Å². The van der Waals surface area contributed by atoms with Gasteiger partial charge >= 0.3 is 0 Å². The van der Waals surface area contributed by atoms with Crippen LogP contribution in [0.25, 0.3) is 6.08 Å². The smallest absolute Gasteiger partial charge is 0.0905 e. The number of aliphatic hydroxyl groups is 1. The molecule has 0 saturated heterocycles. The van der Waals surface area contributed by atoms with Crippen molar-refractivity contribution in [1.82, 2.24) is 0 Å². The summed E-state index contributed by atoms with van der Waals surface area (Å²) in [4.78, 5) is 0. The lowest BCUT2D eigenvalue weighted by Crippen LogP contribution is -2.26. The molecule has 26 heavy (non-hydrogen) atoms. The van der Waals surface area contributed by atoms with Crippen LogP contribution in [0.2, 0.25) is 0 Å². The normalized spacial score (nSPS) is 13.1. The van der Waals surface area contributed by atoms with Gasteiger partial charge in [-0.1, -0.05) is 80.3 Å². The van der Waals surface area contributed by atoms with Crippen LogP contribution in [-0.2, 0) is 0 Å². The molecule has 0 heterocycles. The first-order valence-electron chi connectivity index (χ1n) is 9.99. The largest absolute Gasteiger partial charge is 0.385 e. The molecule has 0 saturated carbocycles. The van der Waals surface area contributed by atoms with Crippen LogP contribution in [0.5, 0.6) is 0 Å². The van der Waals surface area contributed by atoms with E-state index in [2.05, 4.69) is 50.8 Å². The van der Waals surface area contributed by atoms with Crippen molar-refractivity contribution >= 4 is 6.08 Å². The Morgan fingerprint density at radius 2 is 1.85 bits per heavy atom. The van der Waals surface area contributed by atoms with E-state index in [9.17, 15) is 5.11 Å². The first kappa shape index (κ1) is 22.2. The van der Waals surface area contributed by atoms with E-state index in [0.29, 0.717) is 0 Å². The van der Waals surface area contributed by atoms with Crippen LogP contribution >= 0.6 is 0 Å². The molecule has 142 valence electrons. The van der Waals surface area contributed by atoms with Gasteiger partial charge in [0.2, 0.25) is 0 Å². The SMILES string of the molecule is CCCCCCC(=C=CC=Cc1ccccc1)C(C)(O)CCC=C(C)C. The average molecular weight is 353 g/mol. The first-order valence-corrected chi connectivity index (χ1v) is 9.99. The summed E-state index contributed by atoms with van der Waals surface area (Å²) in [7, 11) is 0. The molecule has 1 aromatic carbocycles. The highest BCUT2D eigenvalue weighted by molar-refractivity contribution is 5.50. The van der Waals surface area contributed by atoms with E-state index in [-0.39, 0.29) is 0 Å². The topological polar surface area (TPSA) is 20.2 Å². The Morgan fingerprint density at radius 3 is 2.50 bits per heavy atom. The van der Waals surface area contributed by atoms with E-state index in [1.165, 1.54) is 30.4 Å². The summed E-state index contributed by atoms with van der Waals surface area (Å²) in [5.74, 6) is 0. The van der Waals surface area contributed by atoms with Crippen molar-refractivity contribution in [3.8, 4) is 0 Å². The van der Waals surface area contributed by atoms with Crippen LogP contribution in [0, 0.1) is 0 Å². The number of benzene rings is 1. The van der Waals surface area contributed by atoms with E-state index in [0.717, 1.165) is 31.3 Å². The second-order valence-electron chi connectivity index (χ2n) is 7.46. The Kier molecular flexibility index (Phi) is 10.7. The molecule has 0 aliphatic rings. The fourth-order valence-electron chi connectivity index (χ4n) is 2.89. The van der Waals surface area contributed by atoms with Crippen LogP contribution < -0.4 is 0 Å². The van der Waals surface area contributed by atoms with Gasteiger partial charge in [-0.25, -0.2) is 0 Å². The van der Waals surface area contributed by atoms with Gasteiger partial charge in [0.25, 0.3) is 0 Å². The van der Waals surface area contributed by atoms with Crippen molar-refractivity contribution in [2.75, 3.05) is 0 Å². The second kappa shape index (κ2) is 12.5. The number of hydrogen-bond acceptors (Lipinski definition) is 1. The van der Waals surface area contributed by atoms with Crippen LogP contribution in [0.3, 0.4) is 0 Å². The Morgan fingerprint density at radius 1 is 1.12 bits per heavy atom. The Hall–Kier alpha value is -1.82. The molecule has 0 bridgehead atoms. The predicted molar refractivity (Wildman–Crippen MR) is 115 cm³/mol. The quantitative estimate of drug-likeness (QED) is 0.192. The number of unbranched alkanes of at least 4 members (excludes halogenated alkanes) is 3. The maximum Gasteiger partial charge on any atom is 0.0905 e. The van der Waals surface area contributed by atoms with Gasteiger partial charge in [-0.3, -0.25) is 0 Å². The van der Waals surface area contributed by atoms with Crippen LogP contribution in [0.4, 0.5) is 0 Å². The molecular weight excluding hydrogens is 316 g/mol. The first-order chi connectivity index (χ1) is 12.5. The number of allylic oxidation sites excluding steroid dienone is 3. The molecule has 0 amide bonds. The molecule has 0 fully saturated rings. The van der Waals surface area contributed by atoms with Crippen molar-refractivity contribution in [2.24, 2.45) is 0 Å². The average Bonchev–Trinajstić information content (AvgIpc) is 2.60. The molecule has 0 aromatic heterocycles. The van der Waals surface area contributed by atoms with E-state index in [4.69, 9.17) is 0 Å². The molecule has 1 unspecified atom stereocenters.